The van der Waals surface area contributed by atoms with E-state index in [0.29, 0.717) is 130 Å². The van der Waals surface area contributed by atoms with Crippen LogP contribution >= 0.6 is 0 Å². The van der Waals surface area contributed by atoms with Crippen LogP contribution in [0.3, 0.4) is 0 Å². The van der Waals surface area contributed by atoms with Crippen molar-refractivity contribution < 1.29 is 90.9 Å². The van der Waals surface area contributed by atoms with Crippen LogP contribution in [0, 0.1) is 0 Å². The van der Waals surface area contributed by atoms with Gasteiger partial charge < -0.3 is 81.3 Å². The molecule has 0 spiro atoms. The summed E-state index contributed by atoms with van der Waals surface area (Å²) in [4.78, 5) is 27.0. The van der Waals surface area contributed by atoms with Gasteiger partial charge in [-0.15, -0.1) is 0 Å². The molecule has 0 saturated carbocycles. The maximum Gasteiger partial charge on any atom is 0.233 e. The van der Waals surface area contributed by atoms with Gasteiger partial charge in [-0.1, -0.05) is 0 Å². The van der Waals surface area contributed by atoms with E-state index in [-0.39, 0.29) is 68.0 Å². The summed E-state index contributed by atoms with van der Waals surface area (Å²) in [6.07, 6.45) is 0. The van der Waals surface area contributed by atoms with Gasteiger partial charge in [0, 0.05) is 17.2 Å². The number of carbonyl (C=O) groups excluding carboxylic acids is 2. The summed E-state index contributed by atoms with van der Waals surface area (Å²) in [7, 11) is 4.27. The van der Waals surface area contributed by atoms with Crippen LogP contribution in [0.1, 0.15) is 20.7 Å². The fourth-order valence-corrected chi connectivity index (χ4v) is 4.87. The molecule has 0 aromatic heterocycles. The molecule has 0 radical (unpaired) electrons. The fourth-order valence-electron chi connectivity index (χ4n) is 4.87. The molecular weight excluding hydrogens is 796 g/mol. The summed E-state index contributed by atoms with van der Waals surface area (Å²) >= 11 is 0. The summed E-state index contributed by atoms with van der Waals surface area (Å²) in [5.74, 6) is -0.281. The van der Waals surface area contributed by atoms with Gasteiger partial charge in [0.2, 0.25) is 17.3 Å². The van der Waals surface area contributed by atoms with E-state index < -0.39 is 11.6 Å². The van der Waals surface area contributed by atoms with Crippen molar-refractivity contribution in [3.8, 4) is 28.7 Å². The van der Waals surface area contributed by atoms with Crippen molar-refractivity contribution in [2.45, 2.75) is 0 Å². The Labute approximate surface area is 352 Å². The number of hydrogen-bond acceptors (Lipinski definition) is 19. The van der Waals surface area contributed by atoms with Crippen LogP contribution in [0.2, 0.25) is 0 Å². The van der Waals surface area contributed by atoms with E-state index in [0.717, 1.165) is 0 Å². The first-order chi connectivity index (χ1) is 29.5. The molecule has 19 heteroatoms. The normalized spacial score (nSPS) is 11.2. The smallest absolute Gasteiger partial charge is 0.233 e. The van der Waals surface area contributed by atoms with Crippen LogP contribution in [-0.2, 0) is 47.4 Å². The summed E-state index contributed by atoms with van der Waals surface area (Å²) < 4.78 is 81.9. The number of ketones is 2. The lowest BCUT2D eigenvalue weighted by Gasteiger charge is -2.14. The van der Waals surface area contributed by atoms with Gasteiger partial charge >= 0.3 is 0 Å². The van der Waals surface area contributed by atoms with E-state index in [2.05, 4.69) is 0 Å². The predicted molar refractivity (Wildman–Crippen MR) is 215 cm³/mol. The second-order valence-electron chi connectivity index (χ2n) is 12.0. The summed E-state index contributed by atoms with van der Waals surface area (Å²) in [6.45, 7) is 7.77. The van der Waals surface area contributed by atoms with Gasteiger partial charge in [0.05, 0.1) is 167 Å². The summed E-state index contributed by atoms with van der Waals surface area (Å²) in [5, 5.41) is 17.3. The molecule has 342 valence electrons. The molecule has 2 aromatic carbocycles. The van der Waals surface area contributed by atoms with Crippen molar-refractivity contribution in [2.75, 3.05) is 180 Å². The van der Waals surface area contributed by atoms with Crippen molar-refractivity contribution >= 4 is 11.6 Å². The Morgan fingerprint density at radius 2 is 0.633 bits per heavy atom. The molecule has 19 nitrogen and oxygen atoms in total. The standard InChI is InChI=1S/C41H64O19/c1-46-37-30-34(31-38(47-2)41(37)48-3)40(45)39(44)33-28-35(59-26-24-57-22-20-55-18-16-53-14-12-51-10-8-49-6-4-42)32-36(29-33)60-27-25-58-23-21-56-19-17-54-15-13-52-11-9-50-7-5-43/h28-32,42-43H,4-27H2,1-3H3. The molecule has 0 heterocycles. The topological polar surface area (TPSA) is 213 Å². The van der Waals surface area contributed by atoms with Crippen molar-refractivity contribution in [1.82, 2.24) is 0 Å². The highest BCUT2D eigenvalue weighted by atomic mass is 16.6. The van der Waals surface area contributed by atoms with Crippen molar-refractivity contribution in [1.29, 1.82) is 0 Å². The maximum atomic E-state index is 13.6. The number of benzene rings is 2. The third-order valence-corrected chi connectivity index (χ3v) is 7.72. The highest BCUT2D eigenvalue weighted by Crippen LogP contribution is 2.38. The minimum absolute atomic E-state index is 0.0123. The van der Waals surface area contributed by atoms with Gasteiger partial charge in [-0.2, -0.15) is 0 Å². The number of rotatable bonds is 42. The average molecular weight is 861 g/mol. The zero-order valence-electron chi connectivity index (χ0n) is 35.2. The minimum atomic E-state index is -0.804. The van der Waals surface area contributed by atoms with Crippen molar-refractivity contribution in [3.63, 3.8) is 0 Å². The van der Waals surface area contributed by atoms with Crippen LogP contribution < -0.4 is 23.7 Å². The Hall–Kier alpha value is -3.70. The minimum Gasteiger partial charge on any atom is -0.493 e. The second kappa shape index (κ2) is 36.0. The first kappa shape index (κ1) is 52.4. The van der Waals surface area contributed by atoms with Gasteiger partial charge in [-0.3, -0.25) is 9.59 Å². The van der Waals surface area contributed by atoms with Crippen molar-refractivity contribution in [2.24, 2.45) is 0 Å². The molecule has 0 saturated heterocycles. The third-order valence-electron chi connectivity index (χ3n) is 7.72. The van der Waals surface area contributed by atoms with Gasteiger partial charge in [-0.25, -0.2) is 0 Å². The average Bonchev–Trinajstić information content (AvgIpc) is 3.27. The quantitative estimate of drug-likeness (QED) is 0.0552. The Kier molecular flexibility index (Phi) is 31.5. The lowest BCUT2D eigenvalue weighted by Crippen LogP contribution is -2.17. The predicted octanol–water partition coefficient (Wildman–Crippen LogP) is 1.69. The van der Waals surface area contributed by atoms with E-state index in [1.54, 1.807) is 6.07 Å². The lowest BCUT2D eigenvalue weighted by molar-refractivity contribution is -0.0147. The van der Waals surface area contributed by atoms with Gasteiger partial charge in [-0.05, 0) is 24.3 Å². The molecule has 2 rings (SSSR count). The number of aliphatic hydroxyl groups is 2. The highest BCUT2D eigenvalue weighted by Gasteiger charge is 2.24. The van der Waals surface area contributed by atoms with E-state index in [1.807, 2.05) is 0 Å². The van der Waals surface area contributed by atoms with Crippen LogP contribution in [0.25, 0.3) is 0 Å². The molecular formula is C41H64O19. The highest BCUT2D eigenvalue weighted by molar-refractivity contribution is 6.49. The number of methoxy groups -OCH3 is 3. The summed E-state index contributed by atoms with van der Waals surface area (Å²) in [5.41, 5.74) is 0.0934. The number of Topliss-reactive ketones (excluding diaryl/α,β-unsaturated/α-hetero) is 2. The lowest BCUT2D eigenvalue weighted by atomic mass is 10.00. The maximum absolute atomic E-state index is 13.6. The van der Waals surface area contributed by atoms with Crippen LogP contribution in [0.4, 0.5) is 0 Å². The van der Waals surface area contributed by atoms with E-state index >= 15 is 0 Å². The van der Waals surface area contributed by atoms with Crippen molar-refractivity contribution in [3.05, 3.63) is 41.5 Å². The largest absolute Gasteiger partial charge is 0.493 e. The first-order valence-electron chi connectivity index (χ1n) is 19.8. The van der Waals surface area contributed by atoms with Crippen LogP contribution in [0.15, 0.2) is 30.3 Å². The summed E-state index contributed by atoms with van der Waals surface area (Å²) in [6, 6.07) is 7.36. The molecule has 2 N–H and O–H groups in total. The van der Waals surface area contributed by atoms with Crippen LogP contribution in [0.5, 0.6) is 28.7 Å². The molecule has 0 unspecified atom stereocenters. The second-order valence-corrected chi connectivity index (χ2v) is 12.0. The number of aliphatic hydroxyl groups excluding tert-OH is 2. The monoisotopic (exact) mass is 860 g/mol. The molecule has 0 atom stereocenters. The Bertz CT molecular complexity index is 1310. The molecule has 2 aromatic rings. The Balaban J connectivity index is 1.80. The first-order valence-corrected chi connectivity index (χ1v) is 19.8. The number of carbonyl (C=O) groups is 2. The van der Waals surface area contributed by atoms with E-state index in [4.69, 9.17) is 81.3 Å². The molecule has 0 amide bonds. The number of ether oxygens (including phenoxy) is 15. The molecule has 0 aliphatic heterocycles. The molecule has 0 bridgehead atoms. The zero-order valence-corrected chi connectivity index (χ0v) is 35.2. The van der Waals surface area contributed by atoms with Gasteiger partial charge in [0.1, 0.15) is 24.7 Å². The van der Waals surface area contributed by atoms with Gasteiger partial charge in [0.15, 0.2) is 11.5 Å². The van der Waals surface area contributed by atoms with E-state index in [1.165, 1.54) is 45.6 Å². The third kappa shape index (κ3) is 23.9. The van der Waals surface area contributed by atoms with Crippen LogP contribution in [-0.4, -0.2) is 202 Å². The SMILES string of the molecule is COc1cc(C(=O)C(=O)c2cc(OCCOCCOCCOCCOCCOCCO)cc(OCCOCCOCCOCCOCCOCCO)c2)cc(OC)c1OC. The Morgan fingerprint density at radius 1 is 0.367 bits per heavy atom. The fraction of sp³-hybridized carbons (Fsp3) is 0.659. The number of hydrogen-bond donors (Lipinski definition) is 2. The molecule has 0 aliphatic rings. The molecule has 60 heavy (non-hydrogen) atoms. The van der Waals surface area contributed by atoms with E-state index in [9.17, 15) is 9.59 Å². The molecule has 0 fully saturated rings. The van der Waals surface area contributed by atoms with Gasteiger partial charge in [0.25, 0.3) is 0 Å². The molecule has 0 aliphatic carbocycles. The zero-order chi connectivity index (χ0) is 43.3. The Morgan fingerprint density at radius 3 is 0.900 bits per heavy atom.